The van der Waals surface area contributed by atoms with E-state index in [1.165, 1.54) is 4.68 Å². The molecule has 0 unspecified atom stereocenters. The van der Waals surface area contributed by atoms with Gasteiger partial charge in [-0.25, -0.2) is 4.68 Å². The van der Waals surface area contributed by atoms with Gasteiger partial charge < -0.3 is 10.0 Å². The molecule has 0 bridgehead atoms. The molecule has 8 heteroatoms. The minimum absolute atomic E-state index is 0.0333. The lowest BCUT2D eigenvalue weighted by molar-refractivity contribution is -0.384. The Bertz CT molecular complexity index is 510. The topological polar surface area (TPSA) is 102 Å². The molecule has 0 saturated heterocycles. The first-order chi connectivity index (χ1) is 9.29. The second-order valence-electron chi connectivity index (χ2n) is 4.78. The number of carboxylic acids is 1. The quantitative estimate of drug-likeness (QED) is 0.602. The van der Waals surface area contributed by atoms with Crippen LogP contribution < -0.4 is 4.90 Å². The molecular weight excluding hydrogens is 264 g/mol. The molecule has 1 N–H and O–H groups in total. The van der Waals surface area contributed by atoms with E-state index >= 15 is 0 Å². The Kier molecular flexibility index (Phi) is 5.06. The maximum absolute atomic E-state index is 11.3. The number of aryl methyl sites for hydroxylation is 2. The first kappa shape index (κ1) is 15.9. The van der Waals surface area contributed by atoms with Crippen LogP contribution >= 0.6 is 0 Å². The molecule has 1 aromatic rings. The van der Waals surface area contributed by atoms with Crippen LogP contribution in [0.25, 0.3) is 0 Å². The number of carbonyl (C=O) groups is 1. The summed E-state index contributed by atoms with van der Waals surface area (Å²) in [6, 6.07) is -0.0619. The molecule has 1 aromatic heterocycles. The molecule has 112 valence electrons. The molecule has 0 amide bonds. The van der Waals surface area contributed by atoms with Crippen molar-refractivity contribution in [2.24, 2.45) is 7.05 Å². The van der Waals surface area contributed by atoms with E-state index in [0.717, 1.165) is 0 Å². The van der Waals surface area contributed by atoms with Gasteiger partial charge in [0, 0.05) is 19.6 Å². The second kappa shape index (κ2) is 6.36. The summed E-state index contributed by atoms with van der Waals surface area (Å²) < 4.78 is 1.46. The molecular formula is C12H20N4O4. The van der Waals surface area contributed by atoms with Gasteiger partial charge >= 0.3 is 11.7 Å². The van der Waals surface area contributed by atoms with Gasteiger partial charge in [0.15, 0.2) is 0 Å². The number of nitrogens with zero attached hydrogens (tertiary/aromatic N) is 4. The summed E-state index contributed by atoms with van der Waals surface area (Å²) >= 11 is 0. The predicted molar refractivity (Wildman–Crippen MR) is 74.0 cm³/mol. The van der Waals surface area contributed by atoms with Gasteiger partial charge in [-0.2, -0.15) is 5.10 Å². The minimum atomic E-state index is -0.934. The van der Waals surface area contributed by atoms with Gasteiger partial charge in [-0.15, -0.1) is 0 Å². The monoisotopic (exact) mass is 284 g/mol. The Morgan fingerprint density at radius 2 is 2.15 bits per heavy atom. The number of aliphatic carboxylic acids is 1. The highest BCUT2D eigenvalue weighted by Gasteiger charge is 2.30. The maximum atomic E-state index is 11.3. The van der Waals surface area contributed by atoms with Crippen LogP contribution in [-0.4, -0.2) is 38.4 Å². The van der Waals surface area contributed by atoms with E-state index in [-0.39, 0.29) is 24.7 Å². The molecule has 0 saturated carbocycles. The van der Waals surface area contributed by atoms with E-state index in [0.29, 0.717) is 17.9 Å². The molecule has 20 heavy (non-hydrogen) atoms. The largest absolute Gasteiger partial charge is 0.481 e. The van der Waals surface area contributed by atoms with Crippen LogP contribution in [0, 0.1) is 10.1 Å². The van der Waals surface area contributed by atoms with Gasteiger partial charge in [0.25, 0.3) is 0 Å². The van der Waals surface area contributed by atoms with Crippen LogP contribution in [0.5, 0.6) is 0 Å². The van der Waals surface area contributed by atoms with Gasteiger partial charge in [-0.05, 0) is 20.3 Å². The maximum Gasteiger partial charge on any atom is 0.334 e. The average molecular weight is 284 g/mol. The van der Waals surface area contributed by atoms with Crippen molar-refractivity contribution >= 4 is 17.5 Å². The summed E-state index contributed by atoms with van der Waals surface area (Å²) in [4.78, 5) is 23.3. The summed E-state index contributed by atoms with van der Waals surface area (Å²) in [6.07, 6.45) is 0.372. The van der Waals surface area contributed by atoms with Crippen LogP contribution in [0.4, 0.5) is 11.5 Å². The lowest BCUT2D eigenvalue weighted by Crippen LogP contribution is -2.34. The third-order valence-electron chi connectivity index (χ3n) is 3.04. The zero-order valence-corrected chi connectivity index (χ0v) is 12.2. The molecule has 1 heterocycles. The zero-order chi connectivity index (χ0) is 15.4. The van der Waals surface area contributed by atoms with Crippen LogP contribution in [0.15, 0.2) is 0 Å². The van der Waals surface area contributed by atoms with E-state index in [9.17, 15) is 14.9 Å². The minimum Gasteiger partial charge on any atom is -0.481 e. The van der Waals surface area contributed by atoms with Gasteiger partial charge in [0.05, 0.1) is 11.3 Å². The fourth-order valence-corrected chi connectivity index (χ4v) is 2.13. The number of nitro groups is 1. The molecule has 0 spiro atoms. The molecule has 0 radical (unpaired) electrons. The number of rotatable bonds is 7. The van der Waals surface area contributed by atoms with Crippen molar-refractivity contribution in [1.82, 2.24) is 9.78 Å². The van der Waals surface area contributed by atoms with Crippen molar-refractivity contribution in [2.45, 2.75) is 39.7 Å². The SMILES string of the molecule is CCc1nn(C)c(N(CCC(=O)O)C(C)C)c1[N+](=O)[O-]. The van der Waals surface area contributed by atoms with Crippen molar-refractivity contribution in [3.63, 3.8) is 0 Å². The smallest absolute Gasteiger partial charge is 0.334 e. The number of carboxylic acid groups (broad SMARTS) is 1. The fraction of sp³-hybridized carbons (Fsp3) is 0.667. The Morgan fingerprint density at radius 1 is 1.55 bits per heavy atom. The molecule has 0 aliphatic rings. The van der Waals surface area contributed by atoms with Crippen molar-refractivity contribution < 1.29 is 14.8 Å². The van der Waals surface area contributed by atoms with E-state index in [2.05, 4.69) is 5.10 Å². The van der Waals surface area contributed by atoms with E-state index in [4.69, 9.17) is 5.11 Å². The standard InChI is InChI=1S/C12H20N4O4/c1-5-9-11(16(19)20)12(14(4)13-9)15(8(2)3)7-6-10(17)18/h8H,5-7H2,1-4H3,(H,17,18). The normalized spacial score (nSPS) is 10.8. The lowest BCUT2D eigenvalue weighted by Gasteiger charge is -2.27. The molecule has 1 rings (SSSR count). The highest BCUT2D eigenvalue weighted by molar-refractivity contribution is 5.69. The molecule has 0 aliphatic carbocycles. The van der Waals surface area contributed by atoms with Crippen LogP contribution in [0.2, 0.25) is 0 Å². The zero-order valence-electron chi connectivity index (χ0n) is 12.2. The van der Waals surface area contributed by atoms with Gasteiger partial charge in [-0.3, -0.25) is 14.9 Å². The van der Waals surface area contributed by atoms with E-state index < -0.39 is 10.9 Å². The summed E-state index contributed by atoms with van der Waals surface area (Å²) in [5.41, 5.74) is 0.377. The van der Waals surface area contributed by atoms with Crippen molar-refractivity contribution in [1.29, 1.82) is 0 Å². The van der Waals surface area contributed by atoms with Gasteiger partial charge in [0.1, 0.15) is 5.69 Å². The number of anilines is 1. The Labute approximate surface area is 117 Å². The molecule has 0 aromatic carbocycles. The Balaban J connectivity index is 3.28. The third kappa shape index (κ3) is 3.25. The van der Waals surface area contributed by atoms with Crippen molar-refractivity contribution in [3.8, 4) is 0 Å². The molecule has 0 aliphatic heterocycles. The average Bonchev–Trinajstić information content (AvgIpc) is 2.66. The second-order valence-corrected chi connectivity index (χ2v) is 4.78. The summed E-state index contributed by atoms with van der Waals surface area (Å²) in [5, 5.41) is 24.3. The summed E-state index contributed by atoms with van der Waals surface area (Å²) in [6.45, 7) is 5.74. The van der Waals surface area contributed by atoms with Gasteiger partial charge in [-0.1, -0.05) is 6.92 Å². The highest BCUT2D eigenvalue weighted by Crippen LogP contribution is 2.32. The Hall–Kier alpha value is -2.12. The van der Waals surface area contributed by atoms with E-state index in [1.54, 1.807) is 18.9 Å². The van der Waals surface area contributed by atoms with Gasteiger partial charge in [0.2, 0.25) is 5.82 Å². The third-order valence-corrected chi connectivity index (χ3v) is 3.04. The van der Waals surface area contributed by atoms with Crippen molar-refractivity contribution in [2.75, 3.05) is 11.4 Å². The lowest BCUT2D eigenvalue weighted by atomic mass is 10.2. The van der Waals surface area contributed by atoms with Crippen LogP contribution in [0.3, 0.4) is 0 Å². The summed E-state index contributed by atoms with van der Waals surface area (Å²) in [5.74, 6) is -0.570. The molecule has 8 nitrogen and oxygen atoms in total. The first-order valence-electron chi connectivity index (χ1n) is 6.48. The number of aromatic nitrogens is 2. The predicted octanol–water partition coefficient (Wildman–Crippen LogP) is 1.58. The molecule has 0 fully saturated rings. The van der Waals surface area contributed by atoms with E-state index in [1.807, 2.05) is 13.8 Å². The first-order valence-corrected chi connectivity index (χ1v) is 6.48. The fourth-order valence-electron chi connectivity index (χ4n) is 2.13. The highest BCUT2D eigenvalue weighted by atomic mass is 16.6. The van der Waals surface area contributed by atoms with Crippen molar-refractivity contribution in [3.05, 3.63) is 15.8 Å². The van der Waals surface area contributed by atoms with Crippen LogP contribution in [0.1, 0.15) is 32.9 Å². The summed E-state index contributed by atoms with van der Waals surface area (Å²) in [7, 11) is 1.64. The molecule has 0 atom stereocenters. The van der Waals surface area contributed by atoms with Crippen LogP contribution in [-0.2, 0) is 18.3 Å². The number of hydrogen-bond acceptors (Lipinski definition) is 5. The Morgan fingerprint density at radius 3 is 2.55 bits per heavy atom. The number of hydrogen-bond donors (Lipinski definition) is 1.